The van der Waals surface area contributed by atoms with Gasteiger partial charge in [-0.3, -0.25) is 19.4 Å². The third-order valence-corrected chi connectivity index (χ3v) is 6.13. The predicted octanol–water partition coefficient (Wildman–Crippen LogP) is 5.66. The number of nitrogens with one attached hydrogen (secondary N) is 2. The summed E-state index contributed by atoms with van der Waals surface area (Å²) in [6.45, 7) is 6.36. The van der Waals surface area contributed by atoms with Crippen molar-refractivity contribution < 1.29 is 27.6 Å². The fourth-order valence-corrected chi connectivity index (χ4v) is 3.86. The van der Waals surface area contributed by atoms with Crippen LogP contribution in [0.1, 0.15) is 47.1 Å². The van der Waals surface area contributed by atoms with Crippen LogP contribution in [0.3, 0.4) is 0 Å². The zero-order valence-corrected chi connectivity index (χ0v) is 21.7. The van der Waals surface area contributed by atoms with Gasteiger partial charge in [0.25, 0.3) is 11.8 Å². The predicted molar refractivity (Wildman–Crippen MR) is 139 cm³/mol. The molecule has 0 radical (unpaired) electrons. The van der Waals surface area contributed by atoms with Gasteiger partial charge >= 0.3 is 6.18 Å². The second kappa shape index (κ2) is 12.1. The maximum atomic E-state index is 13.1. The summed E-state index contributed by atoms with van der Waals surface area (Å²) in [7, 11) is 0. The zero-order chi connectivity index (χ0) is 28.0. The lowest BCUT2D eigenvalue weighted by molar-refractivity contribution is -0.137. The Balaban J connectivity index is 1.66. The third kappa shape index (κ3) is 6.89. The minimum Gasteiger partial charge on any atom is -0.341 e. The molecule has 2 N–H and O–H groups in total. The first kappa shape index (κ1) is 28.6. The SMILES string of the molecule is CCN(CC)C(=O)c1cncc(-c2ccc(C(=O)N[C@@H](C)C(=O)Nc3ccc(Cl)c(C(F)(F)F)c3)cc2)c1. The fraction of sp³-hybridized carbons (Fsp3) is 0.259. The van der Waals surface area contributed by atoms with Gasteiger partial charge in [0, 0.05) is 42.3 Å². The highest BCUT2D eigenvalue weighted by Crippen LogP contribution is 2.36. The highest BCUT2D eigenvalue weighted by Gasteiger charge is 2.33. The lowest BCUT2D eigenvalue weighted by Gasteiger charge is -2.18. The van der Waals surface area contributed by atoms with Gasteiger partial charge in [-0.05, 0) is 62.7 Å². The molecule has 0 aliphatic heterocycles. The van der Waals surface area contributed by atoms with Gasteiger partial charge < -0.3 is 15.5 Å². The second-order valence-corrected chi connectivity index (χ2v) is 8.80. The minimum atomic E-state index is -4.68. The van der Waals surface area contributed by atoms with E-state index in [1.807, 2.05) is 13.8 Å². The zero-order valence-electron chi connectivity index (χ0n) is 20.9. The smallest absolute Gasteiger partial charge is 0.341 e. The Labute approximate surface area is 223 Å². The van der Waals surface area contributed by atoms with Crippen LogP contribution in [0.4, 0.5) is 18.9 Å². The Hall–Kier alpha value is -3.92. The number of carbonyl (C=O) groups is 3. The Bertz CT molecular complexity index is 1330. The van der Waals surface area contributed by atoms with Crippen molar-refractivity contribution in [1.82, 2.24) is 15.2 Å². The van der Waals surface area contributed by atoms with Crippen LogP contribution in [0.5, 0.6) is 0 Å². The number of benzene rings is 2. The van der Waals surface area contributed by atoms with Gasteiger partial charge in [-0.15, -0.1) is 0 Å². The van der Waals surface area contributed by atoms with Crippen molar-refractivity contribution in [2.75, 3.05) is 18.4 Å². The molecule has 200 valence electrons. The molecule has 1 aromatic heterocycles. The summed E-state index contributed by atoms with van der Waals surface area (Å²) in [6.07, 6.45) is -1.56. The number of hydrogen-bond acceptors (Lipinski definition) is 4. The van der Waals surface area contributed by atoms with Crippen LogP contribution in [0.25, 0.3) is 11.1 Å². The number of hydrogen-bond donors (Lipinski definition) is 2. The highest BCUT2D eigenvalue weighted by molar-refractivity contribution is 6.31. The van der Waals surface area contributed by atoms with Crippen molar-refractivity contribution in [1.29, 1.82) is 0 Å². The Morgan fingerprint density at radius 1 is 0.947 bits per heavy atom. The lowest BCUT2D eigenvalue weighted by atomic mass is 10.0. The average Bonchev–Trinajstić information content (AvgIpc) is 2.89. The molecule has 1 atom stereocenters. The van der Waals surface area contributed by atoms with Crippen LogP contribution in [-0.2, 0) is 11.0 Å². The first-order chi connectivity index (χ1) is 17.9. The summed E-state index contributed by atoms with van der Waals surface area (Å²) in [5.41, 5.74) is 0.971. The van der Waals surface area contributed by atoms with E-state index >= 15 is 0 Å². The third-order valence-electron chi connectivity index (χ3n) is 5.80. The molecule has 38 heavy (non-hydrogen) atoms. The molecule has 0 bridgehead atoms. The molecule has 0 aliphatic rings. The maximum absolute atomic E-state index is 13.1. The summed E-state index contributed by atoms with van der Waals surface area (Å²) in [6, 6.07) is 10.2. The van der Waals surface area contributed by atoms with E-state index in [1.165, 1.54) is 19.2 Å². The van der Waals surface area contributed by atoms with Crippen LogP contribution in [-0.4, -0.2) is 46.7 Å². The van der Waals surface area contributed by atoms with E-state index in [0.717, 1.165) is 17.7 Å². The summed E-state index contributed by atoms with van der Waals surface area (Å²) in [4.78, 5) is 43.6. The van der Waals surface area contributed by atoms with Crippen molar-refractivity contribution >= 4 is 35.0 Å². The van der Waals surface area contributed by atoms with Crippen LogP contribution >= 0.6 is 11.6 Å². The summed E-state index contributed by atoms with van der Waals surface area (Å²) in [5, 5.41) is 4.38. The Morgan fingerprint density at radius 3 is 2.21 bits per heavy atom. The molecular weight excluding hydrogens is 521 g/mol. The molecule has 0 saturated heterocycles. The normalized spacial score (nSPS) is 12.0. The molecule has 3 aromatic rings. The van der Waals surface area contributed by atoms with E-state index in [-0.39, 0.29) is 17.2 Å². The van der Waals surface area contributed by atoms with Gasteiger partial charge in [0.1, 0.15) is 6.04 Å². The molecule has 7 nitrogen and oxygen atoms in total. The standard InChI is InChI=1S/C27H26ClF3N4O3/c1-4-35(5-2)26(38)20-12-19(14-32-15-20)17-6-8-18(9-7-17)25(37)33-16(3)24(36)34-21-10-11-23(28)22(13-21)27(29,30)31/h6-16H,4-5H2,1-3H3,(H,33,37)(H,34,36)/t16-/m0/s1. The minimum absolute atomic E-state index is 0.104. The van der Waals surface area contributed by atoms with E-state index in [0.29, 0.717) is 24.2 Å². The monoisotopic (exact) mass is 546 g/mol. The summed E-state index contributed by atoms with van der Waals surface area (Å²) >= 11 is 5.60. The number of rotatable bonds is 8. The first-order valence-electron chi connectivity index (χ1n) is 11.8. The van der Waals surface area contributed by atoms with Gasteiger partial charge in [0.05, 0.1) is 16.1 Å². The van der Waals surface area contributed by atoms with Gasteiger partial charge in [-0.25, -0.2) is 0 Å². The molecule has 11 heteroatoms. The number of nitrogens with zero attached hydrogens (tertiary/aromatic N) is 2. The van der Waals surface area contributed by atoms with Gasteiger partial charge in [0.15, 0.2) is 0 Å². The molecule has 1 heterocycles. The van der Waals surface area contributed by atoms with E-state index in [2.05, 4.69) is 15.6 Å². The van der Waals surface area contributed by atoms with E-state index in [9.17, 15) is 27.6 Å². The molecule has 3 rings (SSSR count). The van der Waals surface area contributed by atoms with Crippen LogP contribution in [0.15, 0.2) is 60.9 Å². The molecule has 0 spiro atoms. The molecule has 0 aliphatic carbocycles. The summed E-state index contributed by atoms with van der Waals surface area (Å²) in [5.74, 6) is -1.37. The van der Waals surface area contributed by atoms with Crippen LogP contribution in [0, 0.1) is 0 Å². The first-order valence-corrected chi connectivity index (χ1v) is 12.2. The quantitative estimate of drug-likeness (QED) is 0.381. The number of anilines is 1. The Morgan fingerprint density at radius 2 is 1.61 bits per heavy atom. The fourth-order valence-electron chi connectivity index (χ4n) is 3.64. The molecule has 2 aromatic carbocycles. The lowest BCUT2D eigenvalue weighted by Crippen LogP contribution is -2.41. The van der Waals surface area contributed by atoms with Gasteiger partial charge in [-0.1, -0.05) is 23.7 Å². The van der Waals surface area contributed by atoms with Gasteiger partial charge in [0.2, 0.25) is 5.91 Å². The van der Waals surface area contributed by atoms with Gasteiger partial charge in [-0.2, -0.15) is 13.2 Å². The average molecular weight is 547 g/mol. The number of halogens is 4. The molecule has 3 amide bonds. The number of aromatic nitrogens is 1. The largest absolute Gasteiger partial charge is 0.417 e. The number of carbonyl (C=O) groups excluding carboxylic acids is 3. The molecule has 0 saturated carbocycles. The highest BCUT2D eigenvalue weighted by atomic mass is 35.5. The molecule has 0 fully saturated rings. The van der Waals surface area contributed by atoms with E-state index in [1.54, 1.807) is 41.4 Å². The molecule has 0 unspecified atom stereocenters. The van der Waals surface area contributed by atoms with Crippen molar-refractivity contribution in [2.24, 2.45) is 0 Å². The van der Waals surface area contributed by atoms with Crippen LogP contribution in [0.2, 0.25) is 5.02 Å². The molecular formula is C27H26ClF3N4O3. The van der Waals surface area contributed by atoms with Crippen molar-refractivity contribution in [3.05, 3.63) is 82.6 Å². The van der Waals surface area contributed by atoms with Crippen molar-refractivity contribution in [2.45, 2.75) is 33.0 Å². The number of pyridine rings is 1. The van der Waals surface area contributed by atoms with E-state index in [4.69, 9.17) is 11.6 Å². The van der Waals surface area contributed by atoms with E-state index < -0.39 is 34.6 Å². The Kier molecular flexibility index (Phi) is 9.11. The maximum Gasteiger partial charge on any atom is 0.417 e. The number of amides is 3. The number of alkyl halides is 3. The summed E-state index contributed by atoms with van der Waals surface area (Å²) < 4.78 is 39.2. The second-order valence-electron chi connectivity index (χ2n) is 8.39. The van der Waals surface area contributed by atoms with Crippen molar-refractivity contribution in [3.8, 4) is 11.1 Å². The van der Waals surface area contributed by atoms with Crippen LogP contribution < -0.4 is 10.6 Å². The van der Waals surface area contributed by atoms with Crippen molar-refractivity contribution in [3.63, 3.8) is 0 Å². The topological polar surface area (TPSA) is 91.4 Å².